The minimum atomic E-state index is -1.80. The van der Waals surface area contributed by atoms with Crippen molar-refractivity contribution >= 4 is 29.3 Å². The zero-order valence-corrected chi connectivity index (χ0v) is 17.5. The van der Waals surface area contributed by atoms with E-state index < -0.39 is 29.3 Å². The third kappa shape index (κ3) is 9.52. The summed E-state index contributed by atoms with van der Waals surface area (Å²) in [6.45, 7) is 20.4. The highest BCUT2D eigenvalue weighted by Crippen LogP contribution is 2.17. The molecule has 0 rings (SSSR count). The average Bonchev–Trinajstić information content (AvgIpc) is 2.35. The van der Waals surface area contributed by atoms with Gasteiger partial charge in [0, 0.05) is 17.6 Å². The van der Waals surface area contributed by atoms with Gasteiger partial charge in [-0.3, -0.25) is 0 Å². The fraction of sp³-hybridized carbons (Fsp3) is 0.625. The van der Waals surface area contributed by atoms with Gasteiger partial charge in [-0.1, -0.05) is 13.2 Å². The Kier molecular flexibility index (Phi) is 8.72. The monoisotopic (exact) mass is 358 g/mol. The van der Waals surface area contributed by atoms with Gasteiger partial charge in [-0.15, -0.1) is 0 Å². The Morgan fingerprint density at radius 3 is 1.87 bits per heavy atom. The molecule has 0 fully saturated rings. The Labute approximate surface area is 142 Å². The maximum atomic E-state index is 11.9. The van der Waals surface area contributed by atoms with Crippen LogP contribution in [0.3, 0.4) is 0 Å². The summed E-state index contributed by atoms with van der Waals surface area (Å²) in [6, 6.07) is 0. The van der Waals surface area contributed by atoms with Crippen molar-refractivity contribution in [3.05, 3.63) is 24.3 Å². The van der Waals surface area contributed by atoms with Crippen LogP contribution in [0.15, 0.2) is 24.3 Å². The van der Waals surface area contributed by atoms with Gasteiger partial charge in [-0.2, -0.15) is 0 Å². The molecule has 5 nitrogen and oxygen atoms in total. The number of rotatable bonds is 9. The summed E-state index contributed by atoms with van der Waals surface area (Å²) in [6.07, 6.45) is 0.0259. The minimum Gasteiger partial charge on any atom is -0.460 e. The van der Waals surface area contributed by atoms with E-state index in [0.717, 1.165) is 0 Å². The van der Waals surface area contributed by atoms with Crippen molar-refractivity contribution in [2.75, 3.05) is 0 Å². The van der Waals surface area contributed by atoms with Crippen molar-refractivity contribution in [3.8, 4) is 0 Å². The number of hydrogen-bond acceptors (Lipinski definition) is 5. The number of ether oxygens (including phenoxy) is 2. The van der Waals surface area contributed by atoms with Crippen molar-refractivity contribution in [2.45, 2.75) is 65.2 Å². The molecule has 132 valence electrons. The molecule has 0 aliphatic rings. The predicted octanol–water partition coefficient (Wildman–Crippen LogP) is 3.12. The molecule has 0 bridgehead atoms. The van der Waals surface area contributed by atoms with Gasteiger partial charge in [0.2, 0.25) is 9.04 Å². The van der Waals surface area contributed by atoms with Crippen LogP contribution in [0.25, 0.3) is 0 Å². The highest BCUT2D eigenvalue weighted by atomic mass is 28.4. The molecule has 0 N–H and O–H groups in total. The molecule has 0 aromatic carbocycles. The molecule has 0 saturated carbocycles. The SMILES string of the molecule is C=C(C)C(=O)OC(C)CC(OC(=O)C(=C)C)[SiH](C)O[Si](C)(C)C. The van der Waals surface area contributed by atoms with Crippen LogP contribution < -0.4 is 0 Å². The van der Waals surface area contributed by atoms with Crippen LogP contribution >= 0.6 is 0 Å². The zero-order valence-electron chi connectivity index (χ0n) is 15.4. The average molecular weight is 359 g/mol. The van der Waals surface area contributed by atoms with Gasteiger partial charge in [-0.05, 0) is 47.0 Å². The van der Waals surface area contributed by atoms with E-state index in [1.165, 1.54) is 0 Å². The van der Waals surface area contributed by atoms with Gasteiger partial charge >= 0.3 is 11.9 Å². The number of carbonyl (C=O) groups excluding carboxylic acids is 2. The van der Waals surface area contributed by atoms with Crippen molar-refractivity contribution < 1.29 is 23.2 Å². The molecule has 0 aromatic heterocycles. The van der Waals surface area contributed by atoms with Crippen LogP contribution in [-0.4, -0.2) is 41.1 Å². The summed E-state index contributed by atoms with van der Waals surface area (Å²) in [5, 5.41) is 0. The summed E-state index contributed by atoms with van der Waals surface area (Å²) in [5.41, 5.74) is 0.311. The quantitative estimate of drug-likeness (QED) is 0.360. The normalized spacial score (nSPS) is 15.3. The number of carbonyl (C=O) groups is 2. The Balaban J connectivity index is 4.96. The van der Waals surface area contributed by atoms with Crippen LogP contribution in [0, 0.1) is 0 Å². The first-order valence-electron chi connectivity index (χ1n) is 7.74. The highest BCUT2D eigenvalue weighted by Gasteiger charge is 2.31. The summed E-state index contributed by atoms with van der Waals surface area (Å²) < 4.78 is 17.0. The maximum absolute atomic E-state index is 11.9. The summed E-state index contributed by atoms with van der Waals surface area (Å²) in [5.74, 6) is -0.880. The predicted molar refractivity (Wildman–Crippen MR) is 97.1 cm³/mol. The largest absolute Gasteiger partial charge is 0.460 e. The van der Waals surface area contributed by atoms with E-state index in [0.29, 0.717) is 17.6 Å². The molecular formula is C16H30O5Si2. The first kappa shape index (κ1) is 21.8. The van der Waals surface area contributed by atoms with Crippen molar-refractivity contribution in [2.24, 2.45) is 0 Å². The molecule has 0 amide bonds. The molecule has 0 aromatic rings. The fourth-order valence-electron chi connectivity index (χ4n) is 1.87. The lowest BCUT2D eigenvalue weighted by Crippen LogP contribution is -2.44. The van der Waals surface area contributed by atoms with E-state index in [-0.39, 0.29) is 11.8 Å². The topological polar surface area (TPSA) is 61.8 Å². The van der Waals surface area contributed by atoms with E-state index in [1.807, 2.05) is 6.55 Å². The highest BCUT2D eigenvalue weighted by molar-refractivity contribution is 6.77. The summed E-state index contributed by atoms with van der Waals surface area (Å²) >= 11 is 0. The smallest absolute Gasteiger partial charge is 0.333 e. The fourth-order valence-corrected chi connectivity index (χ4v) is 8.02. The van der Waals surface area contributed by atoms with Crippen LogP contribution in [-0.2, 0) is 23.2 Å². The second-order valence-electron chi connectivity index (χ2n) is 6.89. The zero-order chi connectivity index (χ0) is 18.4. The Morgan fingerprint density at radius 2 is 1.48 bits per heavy atom. The number of esters is 2. The second kappa shape index (κ2) is 9.19. The Hall–Kier alpha value is -1.19. The van der Waals surface area contributed by atoms with Crippen molar-refractivity contribution in [1.29, 1.82) is 0 Å². The lowest BCUT2D eigenvalue weighted by Gasteiger charge is -2.30. The van der Waals surface area contributed by atoms with Gasteiger partial charge in [-0.25, -0.2) is 9.59 Å². The van der Waals surface area contributed by atoms with Crippen LogP contribution in [0.4, 0.5) is 0 Å². The van der Waals surface area contributed by atoms with E-state index >= 15 is 0 Å². The Bertz CT molecular complexity index is 468. The molecular weight excluding hydrogens is 328 g/mol. The van der Waals surface area contributed by atoms with Gasteiger partial charge < -0.3 is 13.6 Å². The van der Waals surface area contributed by atoms with E-state index in [2.05, 4.69) is 32.8 Å². The van der Waals surface area contributed by atoms with Crippen molar-refractivity contribution in [3.63, 3.8) is 0 Å². The molecule has 3 atom stereocenters. The standard InChI is InChI=1S/C16H30O5Si2/c1-11(2)15(17)19-13(5)10-14(20-16(18)12(3)4)22(6)21-23(7,8)9/h13-14,22H,1,3,10H2,2,4-9H3. The maximum Gasteiger partial charge on any atom is 0.333 e. The molecule has 7 heteroatoms. The van der Waals surface area contributed by atoms with E-state index in [4.69, 9.17) is 13.6 Å². The molecule has 0 heterocycles. The number of hydrogen-bond donors (Lipinski definition) is 0. The first-order chi connectivity index (χ1) is 10.3. The van der Waals surface area contributed by atoms with Gasteiger partial charge in [0.05, 0.1) is 0 Å². The molecule has 0 spiro atoms. The van der Waals surface area contributed by atoms with Gasteiger partial charge in [0.15, 0.2) is 8.32 Å². The van der Waals surface area contributed by atoms with E-state index in [1.54, 1.807) is 20.8 Å². The molecule has 3 unspecified atom stereocenters. The molecule has 0 aliphatic carbocycles. The third-order valence-corrected chi connectivity index (χ3v) is 8.66. The molecule has 0 radical (unpaired) electrons. The summed E-state index contributed by atoms with van der Waals surface area (Å²) in [7, 11) is -3.54. The van der Waals surface area contributed by atoms with Gasteiger partial charge in [0.1, 0.15) is 11.8 Å². The van der Waals surface area contributed by atoms with Crippen molar-refractivity contribution in [1.82, 2.24) is 0 Å². The molecule has 23 heavy (non-hydrogen) atoms. The lowest BCUT2D eigenvalue weighted by atomic mass is 10.3. The first-order valence-corrected chi connectivity index (χ1v) is 13.4. The second-order valence-corrected chi connectivity index (χ2v) is 14.2. The van der Waals surface area contributed by atoms with E-state index in [9.17, 15) is 9.59 Å². The lowest BCUT2D eigenvalue weighted by molar-refractivity contribution is -0.147. The Morgan fingerprint density at radius 1 is 1.04 bits per heavy atom. The van der Waals surface area contributed by atoms with Crippen LogP contribution in [0.1, 0.15) is 27.2 Å². The van der Waals surface area contributed by atoms with Gasteiger partial charge in [0.25, 0.3) is 0 Å². The molecule has 0 aliphatic heterocycles. The molecule has 0 saturated heterocycles. The van der Waals surface area contributed by atoms with Crippen LogP contribution in [0.2, 0.25) is 26.2 Å². The summed E-state index contributed by atoms with van der Waals surface area (Å²) in [4.78, 5) is 23.5. The minimum absolute atomic E-state index is 0.343. The van der Waals surface area contributed by atoms with Crippen LogP contribution in [0.5, 0.6) is 0 Å². The third-order valence-electron chi connectivity index (χ3n) is 2.89.